The van der Waals surface area contributed by atoms with E-state index in [1.807, 2.05) is 0 Å². The molecule has 2 saturated heterocycles. The van der Waals surface area contributed by atoms with Gasteiger partial charge in [0.1, 0.15) is 0 Å². The van der Waals surface area contributed by atoms with Crippen molar-refractivity contribution in [2.24, 2.45) is 5.92 Å². The lowest BCUT2D eigenvalue weighted by atomic mass is 9.91. The van der Waals surface area contributed by atoms with Gasteiger partial charge < -0.3 is 10.2 Å². The maximum Gasteiger partial charge on any atom is 0.0351 e. The Morgan fingerprint density at radius 1 is 1.12 bits per heavy atom. The highest BCUT2D eigenvalue weighted by Gasteiger charge is 2.39. The summed E-state index contributed by atoms with van der Waals surface area (Å²) in [6.45, 7) is 6.24. The number of hydrogen-bond acceptors (Lipinski definition) is 3. The van der Waals surface area contributed by atoms with Crippen molar-refractivity contribution >= 4 is 0 Å². The fraction of sp³-hybridized carbons (Fsp3) is 1.00. The summed E-state index contributed by atoms with van der Waals surface area (Å²) >= 11 is 0. The van der Waals surface area contributed by atoms with Crippen molar-refractivity contribution in [2.45, 2.75) is 37.8 Å². The third-order valence-electron chi connectivity index (χ3n) is 4.79. The minimum Gasteiger partial charge on any atom is -0.314 e. The standard InChI is InChI=1S/C13H25N3/c1-15-9-12-8-14-6-7-16(12)13(10-15)11-4-2-3-5-11/h11-14H,2-10H2,1H3. The molecule has 3 fully saturated rings. The molecule has 92 valence electrons. The summed E-state index contributed by atoms with van der Waals surface area (Å²) in [4.78, 5) is 5.38. The first-order valence-electron chi connectivity index (χ1n) is 6.99. The summed E-state index contributed by atoms with van der Waals surface area (Å²) in [5.74, 6) is 0.989. The van der Waals surface area contributed by atoms with Crippen molar-refractivity contribution in [3.63, 3.8) is 0 Å². The second kappa shape index (κ2) is 4.63. The molecule has 2 unspecified atom stereocenters. The normalized spacial score (nSPS) is 38.8. The molecule has 1 N–H and O–H groups in total. The van der Waals surface area contributed by atoms with Crippen molar-refractivity contribution in [3.8, 4) is 0 Å². The topological polar surface area (TPSA) is 18.5 Å². The Kier molecular flexibility index (Phi) is 3.18. The van der Waals surface area contributed by atoms with Gasteiger partial charge in [-0.05, 0) is 25.8 Å². The first kappa shape index (κ1) is 11.0. The Morgan fingerprint density at radius 3 is 2.75 bits per heavy atom. The molecule has 1 aliphatic carbocycles. The van der Waals surface area contributed by atoms with Gasteiger partial charge in [0, 0.05) is 44.8 Å². The second-order valence-corrected chi connectivity index (χ2v) is 5.93. The number of piperazine rings is 2. The molecule has 3 nitrogen and oxygen atoms in total. The van der Waals surface area contributed by atoms with Crippen molar-refractivity contribution in [1.82, 2.24) is 15.1 Å². The molecule has 3 heteroatoms. The molecular weight excluding hydrogens is 198 g/mol. The molecule has 0 aromatic carbocycles. The van der Waals surface area contributed by atoms with Crippen LogP contribution in [0.25, 0.3) is 0 Å². The molecule has 16 heavy (non-hydrogen) atoms. The maximum absolute atomic E-state index is 3.55. The zero-order valence-electron chi connectivity index (χ0n) is 10.5. The quantitative estimate of drug-likeness (QED) is 0.708. The Balaban J connectivity index is 1.73. The van der Waals surface area contributed by atoms with Crippen molar-refractivity contribution in [1.29, 1.82) is 0 Å². The molecule has 0 aromatic heterocycles. The van der Waals surface area contributed by atoms with Gasteiger partial charge >= 0.3 is 0 Å². The predicted octanol–water partition coefficient (Wildman–Crippen LogP) is 0.764. The Bertz CT molecular complexity index is 237. The molecule has 2 atom stereocenters. The fourth-order valence-electron chi connectivity index (χ4n) is 4.00. The monoisotopic (exact) mass is 223 g/mol. The molecule has 0 aromatic rings. The molecule has 2 aliphatic heterocycles. The van der Waals surface area contributed by atoms with Crippen LogP contribution in [0.15, 0.2) is 0 Å². The van der Waals surface area contributed by atoms with Gasteiger partial charge in [-0.1, -0.05) is 12.8 Å². The minimum absolute atomic E-state index is 0.776. The Hall–Kier alpha value is -0.120. The van der Waals surface area contributed by atoms with E-state index in [1.54, 1.807) is 0 Å². The van der Waals surface area contributed by atoms with E-state index in [4.69, 9.17) is 0 Å². The van der Waals surface area contributed by atoms with E-state index in [9.17, 15) is 0 Å². The molecule has 3 rings (SSSR count). The second-order valence-electron chi connectivity index (χ2n) is 5.93. The van der Waals surface area contributed by atoms with Crippen LogP contribution in [-0.4, -0.2) is 61.7 Å². The van der Waals surface area contributed by atoms with E-state index < -0.39 is 0 Å². The SMILES string of the molecule is CN1CC2CNCCN2C(C2CCCC2)C1. The van der Waals surface area contributed by atoms with Gasteiger partial charge in [-0.15, -0.1) is 0 Å². The smallest absolute Gasteiger partial charge is 0.0351 e. The number of fused-ring (bicyclic) bond motifs is 1. The molecule has 0 amide bonds. The molecule has 3 aliphatic rings. The first-order valence-corrected chi connectivity index (χ1v) is 6.99. The summed E-state index contributed by atoms with van der Waals surface area (Å²) < 4.78 is 0. The lowest BCUT2D eigenvalue weighted by molar-refractivity contribution is -0.00483. The van der Waals surface area contributed by atoms with Crippen LogP contribution in [0.4, 0.5) is 0 Å². The molecule has 0 spiro atoms. The van der Waals surface area contributed by atoms with E-state index >= 15 is 0 Å². The van der Waals surface area contributed by atoms with Crippen LogP contribution >= 0.6 is 0 Å². The van der Waals surface area contributed by atoms with Crippen LogP contribution in [0.5, 0.6) is 0 Å². The predicted molar refractivity (Wildman–Crippen MR) is 66.6 cm³/mol. The summed E-state index contributed by atoms with van der Waals surface area (Å²) in [5.41, 5.74) is 0. The third kappa shape index (κ3) is 2.01. The van der Waals surface area contributed by atoms with Crippen LogP contribution in [0, 0.1) is 5.92 Å². The largest absolute Gasteiger partial charge is 0.314 e. The summed E-state index contributed by atoms with van der Waals surface area (Å²) in [5, 5.41) is 3.55. The van der Waals surface area contributed by atoms with Gasteiger partial charge in [-0.2, -0.15) is 0 Å². The van der Waals surface area contributed by atoms with Crippen molar-refractivity contribution < 1.29 is 0 Å². The Labute approximate surface area is 99.2 Å². The number of hydrogen-bond donors (Lipinski definition) is 1. The van der Waals surface area contributed by atoms with Crippen LogP contribution in [0.1, 0.15) is 25.7 Å². The van der Waals surface area contributed by atoms with Gasteiger partial charge in [0.25, 0.3) is 0 Å². The van der Waals surface area contributed by atoms with E-state index in [0.717, 1.165) is 18.0 Å². The molecule has 0 radical (unpaired) electrons. The number of nitrogens with one attached hydrogen (secondary N) is 1. The summed E-state index contributed by atoms with van der Waals surface area (Å²) in [6, 6.07) is 1.63. The minimum atomic E-state index is 0.776. The maximum atomic E-state index is 3.55. The number of likely N-dealkylation sites (N-methyl/N-ethyl adjacent to an activating group) is 1. The van der Waals surface area contributed by atoms with Crippen LogP contribution in [-0.2, 0) is 0 Å². The molecule has 1 saturated carbocycles. The lowest BCUT2D eigenvalue weighted by Crippen LogP contribution is -2.65. The lowest BCUT2D eigenvalue weighted by Gasteiger charge is -2.50. The third-order valence-corrected chi connectivity index (χ3v) is 4.79. The first-order chi connectivity index (χ1) is 7.84. The van der Waals surface area contributed by atoms with Gasteiger partial charge in [0.05, 0.1) is 0 Å². The average Bonchev–Trinajstić information content (AvgIpc) is 2.81. The van der Waals surface area contributed by atoms with Crippen LogP contribution < -0.4 is 5.32 Å². The zero-order valence-corrected chi connectivity index (χ0v) is 10.5. The summed E-state index contributed by atoms with van der Waals surface area (Å²) in [6.07, 6.45) is 5.91. The van der Waals surface area contributed by atoms with Crippen LogP contribution in [0.3, 0.4) is 0 Å². The van der Waals surface area contributed by atoms with E-state index in [-0.39, 0.29) is 0 Å². The van der Waals surface area contributed by atoms with Crippen molar-refractivity contribution in [3.05, 3.63) is 0 Å². The highest BCUT2D eigenvalue weighted by Crippen LogP contribution is 2.33. The fourth-order valence-corrected chi connectivity index (χ4v) is 4.00. The number of rotatable bonds is 1. The van der Waals surface area contributed by atoms with Crippen LogP contribution in [0.2, 0.25) is 0 Å². The zero-order chi connectivity index (χ0) is 11.0. The van der Waals surface area contributed by atoms with Gasteiger partial charge in [0.2, 0.25) is 0 Å². The van der Waals surface area contributed by atoms with Gasteiger partial charge in [-0.3, -0.25) is 4.90 Å². The Morgan fingerprint density at radius 2 is 1.94 bits per heavy atom. The van der Waals surface area contributed by atoms with Gasteiger partial charge in [0.15, 0.2) is 0 Å². The van der Waals surface area contributed by atoms with E-state index in [0.29, 0.717) is 0 Å². The van der Waals surface area contributed by atoms with Crippen molar-refractivity contribution in [2.75, 3.05) is 39.8 Å². The highest BCUT2D eigenvalue weighted by atomic mass is 15.3. The van der Waals surface area contributed by atoms with E-state index in [2.05, 4.69) is 22.2 Å². The summed E-state index contributed by atoms with van der Waals surface area (Å²) in [7, 11) is 2.30. The highest BCUT2D eigenvalue weighted by molar-refractivity contribution is 4.95. The average molecular weight is 223 g/mol. The molecule has 0 bridgehead atoms. The number of nitrogens with zero attached hydrogens (tertiary/aromatic N) is 2. The molecule has 2 heterocycles. The molecular formula is C13H25N3. The van der Waals surface area contributed by atoms with Gasteiger partial charge in [-0.25, -0.2) is 0 Å². The van der Waals surface area contributed by atoms with E-state index in [1.165, 1.54) is 58.4 Å².